The smallest absolute Gasteiger partial charge is 0.258 e. The molecule has 1 amide bonds. The van der Waals surface area contributed by atoms with Crippen LogP contribution in [0, 0.1) is 0 Å². The van der Waals surface area contributed by atoms with E-state index in [1.54, 1.807) is 36.4 Å². The van der Waals surface area contributed by atoms with Crippen LogP contribution >= 0.6 is 0 Å². The molecule has 0 fully saturated rings. The van der Waals surface area contributed by atoms with Gasteiger partial charge in [0.25, 0.3) is 5.91 Å². The number of anilines is 1. The van der Waals surface area contributed by atoms with E-state index >= 15 is 0 Å². The topological polar surface area (TPSA) is 136 Å². The fourth-order valence-electron chi connectivity index (χ4n) is 3.57. The van der Waals surface area contributed by atoms with Crippen molar-refractivity contribution in [3.8, 4) is 17.0 Å². The van der Waals surface area contributed by atoms with E-state index in [1.165, 1.54) is 26.4 Å². The maximum Gasteiger partial charge on any atom is 0.258 e. The third-order valence-corrected chi connectivity index (χ3v) is 6.06. The normalized spacial score (nSPS) is 12.5. The zero-order valence-electron chi connectivity index (χ0n) is 17.9. The third-order valence-electron chi connectivity index (χ3n) is 5.15. The standard InChI is InChI=1S/C23H22N4O5S/c1-31-20-13-18-17(21(27-26-18)15-9-6-10-16(11-15)33(24,29)30)12-19(20)25-23(28)22(32-2)14-7-4-3-5-8-14/h3-13,22H,1-2H3,(H,25,28)(H,26,27)(H2,24,29,30). The summed E-state index contributed by atoms with van der Waals surface area (Å²) in [7, 11) is -0.915. The zero-order valence-corrected chi connectivity index (χ0v) is 18.7. The van der Waals surface area contributed by atoms with Crippen molar-refractivity contribution in [2.45, 2.75) is 11.0 Å². The molecule has 0 saturated heterocycles. The van der Waals surface area contributed by atoms with Gasteiger partial charge in [-0.25, -0.2) is 13.6 Å². The van der Waals surface area contributed by atoms with Crippen LogP contribution in [0.15, 0.2) is 71.6 Å². The molecule has 4 N–H and O–H groups in total. The number of hydrogen-bond donors (Lipinski definition) is 3. The number of sulfonamides is 1. The summed E-state index contributed by atoms with van der Waals surface area (Å²) in [5, 5.41) is 16.0. The van der Waals surface area contributed by atoms with Crippen molar-refractivity contribution in [3.05, 3.63) is 72.3 Å². The van der Waals surface area contributed by atoms with Crippen molar-refractivity contribution in [3.63, 3.8) is 0 Å². The number of fused-ring (bicyclic) bond motifs is 1. The number of carbonyl (C=O) groups is 1. The van der Waals surface area contributed by atoms with Gasteiger partial charge in [0.1, 0.15) is 11.4 Å². The number of primary sulfonamides is 1. The van der Waals surface area contributed by atoms with Crippen molar-refractivity contribution in [2.24, 2.45) is 5.14 Å². The molecule has 1 unspecified atom stereocenters. The molecule has 4 rings (SSSR count). The monoisotopic (exact) mass is 466 g/mol. The van der Waals surface area contributed by atoms with Gasteiger partial charge in [-0.05, 0) is 23.8 Å². The highest BCUT2D eigenvalue weighted by atomic mass is 32.2. The maximum absolute atomic E-state index is 13.0. The molecular weight excluding hydrogens is 444 g/mol. The van der Waals surface area contributed by atoms with Crippen LogP contribution in [-0.4, -0.2) is 38.7 Å². The van der Waals surface area contributed by atoms with Gasteiger partial charge in [-0.2, -0.15) is 5.10 Å². The van der Waals surface area contributed by atoms with Crippen molar-refractivity contribution in [2.75, 3.05) is 19.5 Å². The van der Waals surface area contributed by atoms with E-state index in [2.05, 4.69) is 15.5 Å². The van der Waals surface area contributed by atoms with Crippen molar-refractivity contribution >= 4 is 32.5 Å². The van der Waals surface area contributed by atoms with Crippen LogP contribution < -0.4 is 15.2 Å². The molecule has 1 aromatic heterocycles. The average molecular weight is 467 g/mol. The number of nitrogens with two attached hydrogens (primary N) is 1. The highest BCUT2D eigenvalue weighted by molar-refractivity contribution is 7.89. The first kappa shape index (κ1) is 22.5. The number of methoxy groups -OCH3 is 2. The highest BCUT2D eigenvalue weighted by Crippen LogP contribution is 2.35. The number of benzene rings is 3. The minimum Gasteiger partial charge on any atom is -0.494 e. The van der Waals surface area contributed by atoms with Crippen LogP contribution in [-0.2, 0) is 19.6 Å². The molecule has 0 saturated carbocycles. The SMILES string of the molecule is COc1cc2[nH]nc(-c3cccc(S(N)(=O)=O)c3)c2cc1NC(=O)C(OC)c1ccccc1. The molecule has 10 heteroatoms. The first-order valence-corrected chi connectivity index (χ1v) is 11.4. The van der Waals surface area contributed by atoms with Crippen LogP contribution in [0.5, 0.6) is 5.75 Å². The number of amides is 1. The molecule has 33 heavy (non-hydrogen) atoms. The summed E-state index contributed by atoms with van der Waals surface area (Å²) in [6.45, 7) is 0. The Kier molecular flexibility index (Phi) is 6.14. The van der Waals surface area contributed by atoms with Gasteiger partial charge in [-0.15, -0.1) is 0 Å². The second kappa shape index (κ2) is 9.02. The summed E-state index contributed by atoms with van der Waals surface area (Å²) in [4.78, 5) is 13.0. The van der Waals surface area contributed by atoms with E-state index in [0.717, 1.165) is 0 Å². The number of aromatic nitrogens is 2. The van der Waals surface area contributed by atoms with Crippen molar-refractivity contribution in [1.82, 2.24) is 10.2 Å². The lowest BCUT2D eigenvalue weighted by molar-refractivity contribution is -0.126. The quantitative estimate of drug-likeness (QED) is 0.383. The number of carbonyl (C=O) groups excluding carboxylic acids is 1. The molecule has 0 spiro atoms. The predicted octanol–water partition coefficient (Wildman–Crippen LogP) is 3.21. The number of rotatable bonds is 7. The van der Waals surface area contributed by atoms with Crippen LogP contribution in [0.3, 0.4) is 0 Å². The van der Waals surface area contributed by atoms with Gasteiger partial charge in [0, 0.05) is 24.1 Å². The summed E-state index contributed by atoms with van der Waals surface area (Å²) in [5.74, 6) is 0.0508. The number of nitrogens with one attached hydrogen (secondary N) is 2. The van der Waals surface area contributed by atoms with Gasteiger partial charge >= 0.3 is 0 Å². The molecule has 1 heterocycles. The molecule has 0 aliphatic carbocycles. The van der Waals surface area contributed by atoms with E-state index in [-0.39, 0.29) is 10.8 Å². The highest BCUT2D eigenvalue weighted by Gasteiger charge is 2.22. The second-order valence-corrected chi connectivity index (χ2v) is 8.82. The molecule has 0 aliphatic heterocycles. The molecule has 0 radical (unpaired) electrons. The zero-order chi connectivity index (χ0) is 23.6. The Morgan fingerprint density at radius 1 is 1.06 bits per heavy atom. The van der Waals surface area contributed by atoms with Gasteiger partial charge in [-0.3, -0.25) is 9.89 Å². The van der Waals surface area contributed by atoms with Gasteiger partial charge in [0.05, 0.1) is 23.2 Å². The Hall–Kier alpha value is -3.73. The van der Waals surface area contributed by atoms with E-state index in [1.807, 2.05) is 18.2 Å². The lowest BCUT2D eigenvalue weighted by atomic mass is 10.1. The van der Waals surface area contributed by atoms with Crippen molar-refractivity contribution < 1.29 is 22.7 Å². The summed E-state index contributed by atoms with van der Waals surface area (Å²) >= 11 is 0. The Labute approximate surface area is 190 Å². The lowest BCUT2D eigenvalue weighted by Gasteiger charge is -2.17. The van der Waals surface area contributed by atoms with Gasteiger partial charge < -0.3 is 14.8 Å². The van der Waals surface area contributed by atoms with Crippen LogP contribution in [0.4, 0.5) is 5.69 Å². The Bertz CT molecular complexity index is 1420. The van der Waals surface area contributed by atoms with Crippen LogP contribution in [0.1, 0.15) is 11.7 Å². The van der Waals surface area contributed by atoms with E-state index < -0.39 is 16.1 Å². The Balaban J connectivity index is 1.75. The molecule has 4 aromatic rings. The molecule has 170 valence electrons. The summed E-state index contributed by atoms with van der Waals surface area (Å²) in [6, 6.07) is 18.7. The minimum atomic E-state index is -3.87. The molecule has 0 aliphatic rings. The van der Waals surface area contributed by atoms with Gasteiger partial charge in [-0.1, -0.05) is 42.5 Å². The van der Waals surface area contributed by atoms with E-state index in [4.69, 9.17) is 14.6 Å². The fraction of sp³-hybridized carbons (Fsp3) is 0.130. The fourth-order valence-corrected chi connectivity index (χ4v) is 4.13. The Morgan fingerprint density at radius 3 is 2.48 bits per heavy atom. The maximum atomic E-state index is 13.0. The van der Waals surface area contributed by atoms with E-state index in [0.29, 0.717) is 39.2 Å². The van der Waals surface area contributed by atoms with Crippen LogP contribution in [0.25, 0.3) is 22.2 Å². The summed E-state index contributed by atoms with van der Waals surface area (Å²) < 4.78 is 34.4. The minimum absolute atomic E-state index is 0.0241. The summed E-state index contributed by atoms with van der Waals surface area (Å²) in [6.07, 6.45) is -0.818. The Morgan fingerprint density at radius 2 is 1.82 bits per heavy atom. The summed E-state index contributed by atoms with van der Waals surface area (Å²) in [5.41, 5.74) is 2.82. The molecule has 1 atom stereocenters. The first-order valence-electron chi connectivity index (χ1n) is 9.89. The van der Waals surface area contributed by atoms with Crippen molar-refractivity contribution in [1.29, 1.82) is 0 Å². The number of ether oxygens (including phenoxy) is 2. The largest absolute Gasteiger partial charge is 0.494 e. The third kappa shape index (κ3) is 4.58. The van der Waals surface area contributed by atoms with E-state index in [9.17, 15) is 13.2 Å². The van der Waals surface area contributed by atoms with Gasteiger partial charge in [0.2, 0.25) is 10.0 Å². The number of H-pyrrole nitrogens is 1. The van der Waals surface area contributed by atoms with Gasteiger partial charge in [0.15, 0.2) is 6.10 Å². The lowest BCUT2D eigenvalue weighted by Crippen LogP contribution is -2.22. The first-order chi connectivity index (χ1) is 15.8. The van der Waals surface area contributed by atoms with Crippen LogP contribution in [0.2, 0.25) is 0 Å². The second-order valence-electron chi connectivity index (χ2n) is 7.26. The molecule has 0 bridgehead atoms. The molecule has 9 nitrogen and oxygen atoms in total. The average Bonchev–Trinajstić information content (AvgIpc) is 3.22. The molecule has 3 aromatic carbocycles. The number of hydrogen-bond acceptors (Lipinski definition) is 6. The number of nitrogens with zero attached hydrogens (tertiary/aromatic N) is 1. The predicted molar refractivity (Wildman–Crippen MR) is 124 cm³/mol. The number of aromatic amines is 1. The molecular formula is C23H22N4O5S.